The van der Waals surface area contributed by atoms with Crippen LogP contribution in [-0.4, -0.2) is 10.9 Å². The molecule has 2 aliphatic rings. The Morgan fingerprint density at radius 2 is 1.58 bits per heavy atom. The summed E-state index contributed by atoms with van der Waals surface area (Å²) in [6.07, 6.45) is 0.624. The van der Waals surface area contributed by atoms with E-state index in [4.69, 9.17) is 0 Å². The van der Waals surface area contributed by atoms with Crippen LogP contribution in [0.25, 0.3) is 0 Å². The zero-order valence-corrected chi connectivity index (χ0v) is 10.5. The summed E-state index contributed by atoms with van der Waals surface area (Å²) in [4.78, 5) is 12.7. The fraction of sp³-hybridized carbons (Fsp3) is 0.235. The number of hydrogen-bond acceptors (Lipinski definition) is 2. The Bertz CT molecular complexity index is 685. The Balaban J connectivity index is 1.86. The molecular formula is C17H14O2. The third-order valence-electron chi connectivity index (χ3n) is 4.60. The summed E-state index contributed by atoms with van der Waals surface area (Å²) in [6.45, 7) is 0. The molecule has 2 aliphatic carbocycles. The van der Waals surface area contributed by atoms with Crippen LogP contribution in [0.15, 0.2) is 48.5 Å². The highest BCUT2D eigenvalue weighted by Gasteiger charge is 2.54. The quantitative estimate of drug-likeness (QED) is 0.780. The van der Waals surface area contributed by atoms with Gasteiger partial charge in [-0.05, 0) is 29.5 Å². The maximum absolute atomic E-state index is 12.7. The van der Waals surface area contributed by atoms with Gasteiger partial charge in [-0.15, -0.1) is 0 Å². The molecule has 4 rings (SSSR count). The zero-order valence-electron chi connectivity index (χ0n) is 10.5. The molecule has 2 unspecified atom stereocenters. The molecular weight excluding hydrogens is 236 g/mol. The molecule has 0 fully saturated rings. The second-order valence-electron chi connectivity index (χ2n) is 5.60. The van der Waals surface area contributed by atoms with Crippen molar-refractivity contribution in [1.82, 2.24) is 0 Å². The lowest BCUT2D eigenvalue weighted by Gasteiger charge is -2.25. The number of hydrogen-bond donors (Lipinski definition) is 1. The van der Waals surface area contributed by atoms with Gasteiger partial charge in [0.2, 0.25) is 0 Å². The molecule has 1 N–H and O–H groups in total. The standard InChI is InChI=1S/C17H14O2/c18-15-13-7-3-1-5-11(13)9-17(15)10-12-6-2-4-8-14(12)16(17)19/h1-8,15,18H,9-10H2. The van der Waals surface area contributed by atoms with Crippen LogP contribution in [0, 0.1) is 5.41 Å². The van der Waals surface area contributed by atoms with Gasteiger partial charge in [0.1, 0.15) is 0 Å². The summed E-state index contributed by atoms with van der Waals surface area (Å²) in [7, 11) is 0. The van der Waals surface area contributed by atoms with E-state index in [2.05, 4.69) is 0 Å². The van der Waals surface area contributed by atoms with Crippen molar-refractivity contribution in [2.75, 3.05) is 0 Å². The molecule has 0 aliphatic heterocycles. The molecule has 0 aromatic heterocycles. The van der Waals surface area contributed by atoms with Crippen molar-refractivity contribution >= 4 is 5.78 Å². The molecule has 0 saturated heterocycles. The Hall–Kier alpha value is -1.93. The van der Waals surface area contributed by atoms with Crippen molar-refractivity contribution in [3.63, 3.8) is 0 Å². The number of benzene rings is 2. The van der Waals surface area contributed by atoms with Gasteiger partial charge in [-0.3, -0.25) is 4.79 Å². The smallest absolute Gasteiger partial charge is 0.172 e. The lowest BCUT2D eigenvalue weighted by molar-refractivity contribution is 0.0373. The van der Waals surface area contributed by atoms with Crippen LogP contribution in [0.5, 0.6) is 0 Å². The third-order valence-corrected chi connectivity index (χ3v) is 4.60. The van der Waals surface area contributed by atoms with E-state index in [0.717, 1.165) is 22.3 Å². The van der Waals surface area contributed by atoms with Crippen LogP contribution in [0.3, 0.4) is 0 Å². The summed E-state index contributed by atoms with van der Waals surface area (Å²) in [5.41, 5.74) is 3.22. The molecule has 2 aromatic carbocycles. The van der Waals surface area contributed by atoms with Crippen molar-refractivity contribution in [3.05, 3.63) is 70.8 Å². The minimum atomic E-state index is -0.677. The first-order valence-electron chi connectivity index (χ1n) is 6.61. The van der Waals surface area contributed by atoms with Gasteiger partial charge in [-0.2, -0.15) is 0 Å². The van der Waals surface area contributed by atoms with Crippen molar-refractivity contribution in [2.45, 2.75) is 18.9 Å². The molecule has 0 saturated carbocycles. The molecule has 2 nitrogen and oxygen atoms in total. The van der Waals surface area contributed by atoms with Crippen LogP contribution < -0.4 is 0 Å². The Kier molecular flexibility index (Phi) is 2.04. The summed E-state index contributed by atoms with van der Waals surface area (Å²) in [5.74, 6) is 0.104. The van der Waals surface area contributed by atoms with Crippen LogP contribution >= 0.6 is 0 Å². The third kappa shape index (κ3) is 1.27. The topological polar surface area (TPSA) is 37.3 Å². The number of aliphatic hydroxyl groups is 1. The maximum Gasteiger partial charge on any atom is 0.172 e. The molecule has 94 valence electrons. The van der Waals surface area contributed by atoms with Crippen molar-refractivity contribution in [2.24, 2.45) is 5.41 Å². The zero-order chi connectivity index (χ0) is 13.0. The van der Waals surface area contributed by atoms with Gasteiger partial charge in [-0.25, -0.2) is 0 Å². The normalized spacial score (nSPS) is 27.6. The summed E-state index contributed by atoms with van der Waals surface area (Å²) in [5, 5.41) is 10.7. The van der Waals surface area contributed by atoms with E-state index in [1.165, 1.54) is 0 Å². The summed E-state index contributed by atoms with van der Waals surface area (Å²) >= 11 is 0. The predicted molar refractivity (Wildman–Crippen MR) is 72.0 cm³/mol. The molecule has 0 bridgehead atoms. The average Bonchev–Trinajstić information content (AvgIpc) is 2.88. The number of carbonyl (C=O) groups is 1. The lowest BCUT2D eigenvalue weighted by Crippen LogP contribution is -2.32. The van der Waals surface area contributed by atoms with Gasteiger partial charge in [0, 0.05) is 5.56 Å². The minimum absolute atomic E-state index is 0.104. The SMILES string of the molecule is O=C1c2ccccc2CC12Cc1ccccc1C2O. The van der Waals surface area contributed by atoms with Crippen LogP contribution in [-0.2, 0) is 12.8 Å². The van der Waals surface area contributed by atoms with E-state index >= 15 is 0 Å². The summed E-state index contributed by atoms with van der Waals surface area (Å²) in [6, 6.07) is 15.6. The maximum atomic E-state index is 12.7. The van der Waals surface area contributed by atoms with E-state index < -0.39 is 11.5 Å². The van der Waals surface area contributed by atoms with E-state index in [1.807, 2.05) is 48.5 Å². The van der Waals surface area contributed by atoms with Crippen molar-refractivity contribution in [1.29, 1.82) is 0 Å². The highest BCUT2D eigenvalue weighted by atomic mass is 16.3. The van der Waals surface area contributed by atoms with E-state index in [0.29, 0.717) is 12.8 Å². The predicted octanol–water partition coefficient (Wildman–Crippen LogP) is 2.70. The van der Waals surface area contributed by atoms with Gasteiger partial charge in [-0.1, -0.05) is 48.5 Å². The fourth-order valence-electron chi connectivity index (χ4n) is 3.64. The average molecular weight is 250 g/mol. The molecule has 2 atom stereocenters. The van der Waals surface area contributed by atoms with Gasteiger partial charge >= 0.3 is 0 Å². The minimum Gasteiger partial charge on any atom is -0.387 e. The van der Waals surface area contributed by atoms with Gasteiger partial charge in [0.15, 0.2) is 5.78 Å². The molecule has 0 amide bonds. The lowest BCUT2D eigenvalue weighted by atomic mass is 9.78. The van der Waals surface area contributed by atoms with E-state index in [9.17, 15) is 9.90 Å². The monoisotopic (exact) mass is 250 g/mol. The number of fused-ring (bicyclic) bond motifs is 2. The Labute approximate surface area is 111 Å². The van der Waals surface area contributed by atoms with Crippen LogP contribution in [0.4, 0.5) is 0 Å². The van der Waals surface area contributed by atoms with E-state index in [1.54, 1.807) is 0 Å². The number of aliphatic hydroxyl groups excluding tert-OH is 1. The fourth-order valence-corrected chi connectivity index (χ4v) is 3.64. The van der Waals surface area contributed by atoms with Gasteiger partial charge in [0.25, 0.3) is 0 Å². The summed E-state index contributed by atoms with van der Waals surface area (Å²) < 4.78 is 0. The molecule has 0 radical (unpaired) electrons. The second-order valence-corrected chi connectivity index (χ2v) is 5.60. The van der Waals surface area contributed by atoms with Gasteiger partial charge < -0.3 is 5.11 Å². The molecule has 2 aromatic rings. The first kappa shape index (κ1) is 10.9. The molecule has 1 spiro atoms. The number of carbonyl (C=O) groups excluding carboxylic acids is 1. The second kappa shape index (κ2) is 3.55. The highest BCUT2D eigenvalue weighted by Crippen LogP contribution is 2.53. The van der Waals surface area contributed by atoms with Crippen molar-refractivity contribution < 1.29 is 9.90 Å². The molecule has 0 heterocycles. The Morgan fingerprint density at radius 1 is 0.947 bits per heavy atom. The molecule has 2 heteroatoms. The van der Waals surface area contributed by atoms with Gasteiger partial charge in [0.05, 0.1) is 11.5 Å². The van der Waals surface area contributed by atoms with Crippen molar-refractivity contribution in [3.8, 4) is 0 Å². The molecule has 19 heavy (non-hydrogen) atoms. The van der Waals surface area contributed by atoms with E-state index in [-0.39, 0.29) is 5.78 Å². The first-order valence-corrected chi connectivity index (χ1v) is 6.61. The number of rotatable bonds is 0. The van der Waals surface area contributed by atoms with Crippen LogP contribution in [0.2, 0.25) is 0 Å². The van der Waals surface area contributed by atoms with Crippen LogP contribution in [0.1, 0.15) is 33.2 Å². The first-order chi connectivity index (χ1) is 9.22. The highest BCUT2D eigenvalue weighted by molar-refractivity contribution is 6.06. The number of Topliss-reactive ketones (excluding diaryl/α,β-unsaturated/α-hetero) is 1. The Morgan fingerprint density at radius 3 is 2.32 bits per heavy atom. The number of ketones is 1. The largest absolute Gasteiger partial charge is 0.387 e.